The summed E-state index contributed by atoms with van der Waals surface area (Å²) in [5.74, 6) is -0.363. The number of hydrogen-bond acceptors (Lipinski definition) is 2. The van der Waals surface area contributed by atoms with Crippen molar-refractivity contribution in [3.05, 3.63) is 69.3 Å². The standard InChI is InChI=1S/C17H13BrClNO2/c1-22-17(21)14-6-7-15(19)13-8-9-20(16(13)14)10-11-2-4-12(18)5-3-11/h2-9H,10H2,1H3. The van der Waals surface area contributed by atoms with Crippen molar-refractivity contribution < 1.29 is 9.53 Å². The van der Waals surface area contributed by atoms with Gasteiger partial charge in [-0.1, -0.05) is 39.7 Å². The molecule has 22 heavy (non-hydrogen) atoms. The normalized spacial score (nSPS) is 10.9. The molecule has 0 aliphatic heterocycles. The Morgan fingerprint density at radius 2 is 1.91 bits per heavy atom. The van der Waals surface area contributed by atoms with Crippen LogP contribution in [0.15, 0.2) is 53.1 Å². The summed E-state index contributed by atoms with van der Waals surface area (Å²) in [6.45, 7) is 0.654. The largest absolute Gasteiger partial charge is 0.465 e. The summed E-state index contributed by atoms with van der Waals surface area (Å²) in [5.41, 5.74) is 2.45. The third kappa shape index (κ3) is 2.76. The molecule has 5 heteroatoms. The Kier molecular flexibility index (Phi) is 4.23. The smallest absolute Gasteiger partial charge is 0.340 e. The Hall–Kier alpha value is -1.78. The minimum absolute atomic E-state index is 0.363. The molecule has 2 aromatic carbocycles. The van der Waals surface area contributed by atoms with Gasteiger partial charge in [0.15, 0.2) is 0 Å². The van der Waals surface area contributed by atoms with Crippen LogP contribution in [0.4, 0.5) is 0 Å². The molecule has 1 heterocycles. The second kappa shape index (κ2) is 6.15. The highest BCUT2D eigenvalue weighted by molar-refractivity contribution is 9.10. The summed E-state index contributed by atoms with van der Waals surface area (Å²) < 4.78 is 7.92. The average molecular weight is 379 g/mol. The van der Waals surface area contributed by atoms with E-state index in [-0.39, 0.29) is 5.97 Å². The molecular formula is C17H13BrClNO2. The lowest BCUT2D eigenvalue weighted by atomic mass is 10.1. The average Bonchev–Trinajstić information content (AvgIpc) is 2.94. The summed E-state index contributed by atoms with van der Waals surface area (Å²) in [6, 6.07) is 13.4. The minimum Gasteiger partial charge on any atom is -0.465 e. The Bertz CT molecular complexity index is 840. The van der Waals surface area contributed by atoms with Crippen molar-refractivity contribution in [3.8, 4) is 0 Å². The summed E-state index contributed by atoms with van der Waals surface area (Å²) in [6.07, 6.45) is 1.94. The van der Waals surface area contributed by atoms with Gasteiger partial charge in [-0.2, -0.15) is 0 Å². The molecule has 0 aliphatic carbocycles. The first kappa shape index (κ1) is 15.1. The third-order valence-electron chi connectivity index (χ3n) is 3.54. The molecule has 1 aromatic heterocycles. The fraction of sp³-hybridized carbons (Fsp3) is 0.118. The van der Waals surface area contributed by atoms with Crippen molar-refractivity contribution in [1.82, 2.24) is 4.57 Å². The van der Waals surface area contributed by atoms with Crippen molar-refractivity contribution in [1.29, 1.82) is 0 Å². The lowest BCUT2D eigenvalue weighted by Crippen LogP contribution is -2.06. The number of ether oxygens (including phenoxy) is 1. The number of carbonyl (C=O) groups is 1. The van der Waals surface area contributed by atoms with Crippen LogP contribution in [0.2, 0.25) is 5.02 Å². The van der Waals surface area contributed by atoms with E-state index >= 15 is 0 Å². The molecule has 3 rings (SSSR count). The van der Waals surface area contributed by atoms with Crippen LogP contribution in [0, 0.1) is 0 Å². The van der Waals surface area contributed by atoms with E-state index in [4.69, 9.17) is 16.3 Å². The van der Waals surface area contributed by atoms with E-state index in [9.17, 15) is 4.79 Å². The number of halogens is 2. The van der Waals surface area contributed by atoms with Crippen LogP contribution in [-0.4, -0.2) is 17.6 Å². The first-order valence-electron chi connectivity index (χ1n) is 6.70. The highest BCUT2D eigenvalue weighted by Crippen LogP contribution is 2.29. The molecule has 0 unspecified atom stereocenters. The molecule has 0 saturated carbocycles. The van der Waals surface area contributed by atoms with Gasteiger partial charge in [-0.25, -0.2) is 4.79 Å². The van der Waals surface area contributed by atoms with E-state index in [0.717, 1.165) is 20.9 Å². The fourth-order valence-electron chi connectivity index (χ4n) is 2.48. The third-order valence-corrected chi connectivity index (χ3v) is 4.40. The molecule has 0 amide bonds. The monoisotopic (exact) mass is 377 g/mol. The molecule has 0 fully saturated rings. The van der Waals surface area contributed by atoms with Gasteiger partial charge < -0.3 is 9.30 Å². The zero-order valence-electron chi connectivity index (χ0n) is 11.8. The number of esters is 1. The van der Waals surface area contributed by atoms with E-state index < -0.39 is 0 Å². The van der Waals surface area contributed by atoms with Crippen molar-refractivity contribution in [2.45, 2.75) is 6.54 Å². The Labute approximate surface area is 141 Å². The summed E-state index contributed by atoms with van der Waals surface area (Å²) >= 11 is 9.67. The van der Waals surface area contributed by atoms with Crippen LogP contribution in [0.3, 0.4) is 0 Å². The lowest BCUT2D eigenvalue weighted by molar-refractivity contribution is 0.0602. The molecule has 0 aliphatic rings. The Morgan fingerprint density at radius 3 is 2.59 bits per heavy atom. The van der Waals surface area contributed by atoms with Gasteiger partial charge >= 0.3 is 5.97 Å². The molecule has 0 saturated heterocycles. The number of hydrogen-bond donors (Lipinski definition) is 0. The maximum Gasteiger partial charge on any atom is 0.340 e. The molecule has 0 bridgehead atoms. The Balaban J connectivity index is 2.11. The second-order valence-corrected chi connectivity index (χ2v) is 6.24. The number of benzene rings is 2. The lowest BCUT2D eigenvalue weighted by Gasteiger charge is -2.10. The second-order valence-electron chi connectivity index (χ2n) is 4.92. The van der Waals surface area contributed by atoms with E-state index in [1.54, 1.807) is 12.1 Å². The van der Waals surface area contributed by atoms with Crippen molar-refractivity contribution in [3.63, 3.8) is 0 Å². The molecule has 0 radical (unpaired) electrons. The first-order valence-corrected chi connectivity index (χ1v) is 7.87. The van der Waals surface area contributed by atoms with Gasteiger partial charge in [0, 0.05) is 27.6 Å². The summed E-state index contributed by atoms with van der Waals surface area (Å²) in [7, 11) is 1.38. The van der Waals surface area contributed by atoms with Crippen LogP contribution in [0.1, 0.15) is 15.9 Å². The number of fused-ring (bicyclic) bond motifs is 1. The van der Waals surface area contributed by atoms with Crippen molar-refractivity contribution >= 4 is 44.4 Å². The van der Waals surface area contributed by atoms with Gasteiger partial charge in [0.1, 0.15) is 0 Å². The highest BCUT2D eigenvalue weighted by Gasteiger charge is 2.16. The number of carbonyl (C=O) groups excluding carboxylic acids is 1. The molecule has 0 atom stereocenters. The van der Waals surface area contributed by atoms with E-state index in [1.807, 2.05) is 41.1 Å². The minimum atomic E-state index is -0.363. The molecule has 3 nitrogen and oxygen atoms in total. The quantitative estimate of drug-likeness (QED) is 0.608. The Morgan fingerprint density at radius 1 is 1.18 bits per heavy atom. The SMILES string of the molecule is COC(=O)c1ccc(Cl)c2ccn(Cc3ccc(Br)cc3)c12. The molecule has 112 valence electrons. The fourth-order valence-corrected chi connectivity index (χ4v) is 2.96. The predicted molar refractivity (Wildman–Crippen MR) is 91.5 cm³/mol. The molecular weight excluding hydrogens is 366 g/mol. The summed E-state index contributed by atoms with van der Waals surface area (Å²) in [5, 5.41) is 1.47. The van der Waals surface area contributed by atoms with Crippen LogP contribution >= 0.6 is 27.5 Å². The molecule has 0 N–H and O–H groups in total. The van der Waals surface area contributed by atoms with Gasteiger partial charge in [0.25, 0.3) is 0 Å². The van der Waals surface area contributed by atoms with Gasteiger partial charge in [-0.05, 0) is 35.9 Å². The number of methoxy groups -OCH3 is 1. The predicted octanol–water partition coefficient (Wildman–Crippen LogP) is 4.89. The van der Waals surface area contributed by atoms with Gasteiger partial charge in [-0.3, -0.25) is 0 Å². The first-order chi connectivity index (χ1) is 10.6. The maximum atomic E-state index is 12.0. The number of rotatable bonds is 3. The highest BCUT2D eigenvalue weighted by atomic mass is 79.9. The van der Waals surface area contributed by atoms with E-state index in [1.165, 1.54) is 7.11 Å². The zero-order chi connectivity index (χ0) is 15.7. The van der Waals surface area contributed by atoms with Gasteiger partial charge in [-0.15, -0.1) is 0 Å². The summed E-state index contributed by atoms with van der Waals surface area (Å²) in [4.78, 5) is 12.0. The van der Waals surface area contributed by atoms with Gasteiger partial charge in [0.2, 0.25) is 0 Å². The van der Waals surface area contributed by atoms with Crippen molar-refractivity contribution in [2.75, 3.05) is 7.11 Å². The molecule has 0 spiro atoms. The van der Waals surface area contributed by atoms with Crippen LogP contribution in [0.5, 0.6) is 0 Å². The number of aromatic nitrogens is 1. The van der Waals surface area contributed by atoms with E-state index in [0.29, 0.717) is 17.1 Å². The molecule has 3 aromatic rings. The number of nitrogens with zero attached hydrogens (tertiary/aromatic N) is 1. The van der Waals surface area contributed by atoms with Crippen LogP contribution in [-0.2, 0) is 11.3 Å². The van der Waals surface area contributed by atoms with Crippen molar-refractivity contribution in [2.24, 2.45) is 0 Å². The van der Waals surface area contributed by atoms with Crippen LogP contribution < -0.4 is 0 Å². The maximum absolute atomic E-state index is 12.0. The topological polar surface area (TPSA) is 31.2 Å². The van der Waals surface area contributed by atoms with Crippen LogP contribution in [0.25, 0.3) is 10.9 Å². The zero-order valence-corrected chi connectivity index (χ0v) is 14.2. The van der Waals surface area contributed by atoms with Gasteiger partial charge in [0.05, 0.1) is 18.2 Å². The van der Waals surface area contributed by atoms with E-state index in [2.05, 4.69) is 15.9 Å².